The quantitative estimate of drug-likeness (QED) is 0.806. The van der Waals surface area contributed by atoms with Gasteiger partial charge in [0.2, 0.25) is 0 Å². The van der Waals surface area contributed by atoms with Gasteiger partial charge in [0.15, 0.2) is 6.61 Å². The van der Waals surface area contributed by atoms with Crippen LogP contribution in [0.4, 0.5) is 5.69 Å². The smallest absolute Gasteiger partial charge is 0.339 e. The molecule has 22 heavy (non-hydrogen) atoms. The SMILES string of the molecule is Cc1ccc(NC(=O)COC(=O)c2ccccc2Br)cc1Cl. The zero-order valence-electron chi connectivity index (χ0n) is 11.7. The molecule has 2 aromatic rings. The number of esters is 1. The van der Waals surface area contributed by atoms with Crippen LogP contribution in [0.1, 0.15) is 15.9 Å². The van der Waals surface area contributed by atoms with E-state index in [1.807, 2.05) is 6.92 Å². The first-order chi connectivity index (χ1) is 10.5. The van der Waals surface area contributed by atoms with Crippen molar-refractivity contribution in [3.8, 4) is 0 Å². The van der Waals surface area contributed by atoms with Crippen LogP contribution in [0.25, 0.3) is 0 Å². The van der Waals surface area contributed by atoms with Gasteiger partial charge in [-0.1, -0.05) is 29.8 Å². The van der Waals surface area contributed by atoms with Crippen molar-refractivity contribution in [3.05, 3.63) is 63.1 Å². The molecule has 0 atom stereocenters. The number of carbonyl (C=O) groups excluding carboxylic acids is 2. The molecule has 2 aromatic carbocycles. The molecule has 0 aromatic heterocycles. The molecule has 1 amide bonds. The van der Waals surface area contributed by atoms with Gasteiger partial charge in [0.05, 0.1) is 5.56 Å². The van der Waals surface area contributed by atoms with Gasteiger partial charge >= 0.3 is 5.97 Å². The molecule has 0 saturated heterocycles. The molecule has 0 fully saturated rings. The van der Waals surface area contributed by atoms with Crippen molar-refractivity contribution >= 4 is 45.1 Å². The molecule has 0 unspecified atom stereocenters. The number of nitrogens with one attached hydrogen (secondary N) is 1. The van der Waals surface area contributed by atoms with Crippen LogP contribution in [-0.2, 0) is 9.53 Å². The van der Waals surface area contributed by atoms with Gasteiger partial charge in [0.25, 0.3) is 5.91 Å². The Morgan fingerprint density at radius 3 is 2.64 bits per heavy atom. The monoisotopic (exact) mass is 381 g/mol. The topological polar surface area (TPSA) is 55.4 Å². The fourth-order valence-electron chi connectivity index (χ4n) is 1.70. The lowest BCUT2D eigenvalue weighted by molar-refractivity contribution is -0.119. The highest BCUT2D eigenvalue weighted by Crippen LogP contribution is 2.20. The minimum absolute atomic E-state index is 0.369. The molecule has 0 spiro atoms. The number of rotatable bonds is 4. The number of carbonyl (C=O) groups is 2. The Labute approximate surface area is 141 Å². The number of ether oxygens (including phenoxy) is 1. The number of anilines is 1. The molecule has 0 saturated carbocycles. The molecule has 0 aliphatic rings. The first-order valence-corrected chi connectivity index (χ1v) is 7.62. The van der Waals surface area contributed by atoms with Gasteiger partial charge in [-0.25, -0.2) is 4.79 Å². The number of halogens is 2. The highest BCUT2D eigenvalue weighted by Gasteiger charge is 2.13. The van der Waals surface area contributed by atoms with Crippen molar-refractivity contribution in [2.45, 2.75) is 6.92 Å². The summed E-state index contributed by atoms with van der Waals surface area (Å²) >= 11 is 9.24. The summed E-state index contributed by atoms with van der Waals surface area (Å²) < 4.78 is 5.60. The second-order valence-corrected chi connectivity index (χ2v) is 5.83. The predicted molar refractivity (Wildman–Crippen MR) is 89.2 cm³/mol. The zero-order chi connectivity index (χ0) is 16.1. The molecule has 6 heteroatoms. The summed E-state index contributed by atoms with van der Waals surface area (Å²) in [6.07, 6.45) is 0. The number of hydrogen-bond acceptors (Lipinski definition) is 3. The molecular formula is C16H13BrClNO3. The van der Waals surface area contributed by atoms with Crippen LogP contribution in [0.15, 0.2) is 46.9 Å². The lowest BCUT2D eigenvalue weighted by atomic mass is 10.2. The van der Waals surface area contributed by atoms with E-state index < -0.39 is 11.9 Å². The Bertz CT molecular complexity index is 718. The third-order valence-corrected chi connectivity index (χ3v) is 3.98. The van der Waals surface area contributed by atoms with E-state index in [4.69, 9.17) is 16.3 Å². The molecule has 1 N–H and O–H groups in total. The third-order valence-electron chi connectivity index (χ3n) is 2.88. The van der Waals surface area contributed by atoms with E-state index in [2.05, 4.69) is 21.2 Å². The summed E-state index contributed by atoms with van der Waals surface area (Å²) in [6.45, 7) is 1.50. The summed E-state index contributed by atoms with van der Waals surface area (Å²) in [5, 5.41) is 3.18. The largest absolute Gasteiger partial charge is 0.452 e. The maximum atomic E-state index is 11.9. The van der Waals surface area contributed by atoms with Crippen LogP contribution in [0, 0.1) is 6.92 Å². The van der Waals surface area contributed by atoms with Crippen molar-refractivity contribution < 1.29 is 14.3 Å². The van der Waals surface area contributed by atoms with Crippen molar-refractivity contribution in [1.82, 2.24) is 0 Å². The Kier molecular flexibility index (Phi) is 5.57. The van der Waals surface area contributed by atoms with Crippen LogP contribution >= 0.6 is 27.5 Å². The Hall–Kier alpha value is -1.85. The van der Waals surface area contributed by atoms with E-state index in [0.717, 1.165) is 5.56 Å². The standard InChI is InChI=1S/C16H13BrClNO3/c1-10-6-7-11(8-14(10)18)19-15(20)9-22-16(21)12-4-2-3-5-13(12)17/h2-8H,9H2,1H3,(H,19,20). The van der Waals surface area contributed by atoms with Crippen LogP contribution in [-0.4, -0.2) is 18.5 Å². The first-order valence-electron chi connectivity index (χ1n) is 6.45. The summed E-state index contributed by atoms with van der Waals surface area (Å²) in [4.78, 5) is 23.7. The van der Waals surface area contributed by atoms with Gasteiger partial charge in [-0.05, 0) is 52.7 Å². The first kappa shape index (κ1) is 16.5. The second-order valence-electron chi connectivity index (χ2n) is 4.57. The molecule has 0 radical (unpaired) electrons. The van der Waals surface area contributed by atoms with E-state index in [1.165, 1.54) is 0 Å². The number of aryl methyl sites for hydroxylation is 1. The lowest BCUT2D eigenvalue weighted by Crippen LogP contribution is -2.21. The Balaban J connectivity index is 1.91. The molecule has 0 aliphatic heterocycles. The van der Waals surface area contributed by atoms with Crippen LogP contribution < -0.4 is 5.32 Å². The molecule has 4 nitrogen and oxygen atoms in total. The number of benzene rings is 2. The van der Waals surface area contributed by atoms with Crippen LogP contribution in [0.3, 0.4) is 0 Å². The fourth-order valence-corrected chi connectivity index (χ4v) is 2.33. The third kappa shape index (κ3) is 4.32. The lowest BCUT2D eigenvalue weighted by Gasteiger charge is -2.08. The Morgan fingerprint density at radius 2 is 1.95 bits per heavy atom. The second kappa shape index (κ2) is 7.42. The zero-order valence-corrected chi connectivity index (χ0v) is 14.1. The highest BCUT2D eigenvalue weighted by atomic mass is 79.9. The minimum atomic E-state index is -0.565. The van der Waals surface area contributed by atoms with Gasteiger partial charge in [-0.2, -0.15) is 0 Å². The van der Waals surface area contributed by atoms with Gasteiger partial charge in [0, 0.05) is 15.2 Å². The fraction of sp³-hybridized carbons (Fsp3) is 0.125. The highest BCUT2D eigenvalue weighted by molar-refractivity contribution is 9.10. The molecule has 114 valence electrons. The van der Waals surface area contributed by atoms with E-state index in [9.17, 15) is 9.59 Å². The normalized spacial score (nSPS) is 10.1. The van der Waals surface area contributed by atoms with Crippen molar-refractivity contribution in [2.75, 3.05) is 11.9 Å². The summed E-state index contributed by atoms with van der Waals surface area (Å²) in [5.74, 6) is -0.995. The average Bonchev–Trinajstić information content (AvgIpc) is 2.49. The van der Waals surface area contributed by atoms with Crippen molar-refractivity contribution in [1.29, 1.82) is 0 Å². The van der Waals surface area contributed by atoms with Gasteiger partial charge in [0.1, 0.15) is 0 Å². The number of amides is 1. The molecule has 0 aliphatic carbocycles. The average molecular weight is 383 g/mol. The van der Waals surface area contributed by atoms with Gasteiger partial charge in [-0.15, -0.1) is 0 Å². The van der Waals surface area contributed by atoms with Gasteiger partial charge in [-0.3, -0.25) is 4.79 Å². The Morgan fingerprint density at radius 1 is 1.23 bits per heavy atom. The summed E-state index contributed by atoms with van der Waals surface area (Å²) in [6, 6.07) is 12.0. The predicted octanol–water partition coefficient (Wildman–Crippen LogP) is 4.21. The van der Waals surface area contributed by atoms with Crippen molar-refractivity contribution in [3.63, 3.8) is 0 Å². The van der Waals surface area contributed by atoms with Gasteiger partial charge < -0.3 is 10.1 Å². The summed E-state index contributed by atoms with van der Waals surface area (Å²) in [5.41, 5.74) is 1.84. The van der Waals surface area contributed by atoms with Crippen LogP contribution in [0.2, 0.25) is 5.02 Å². The maximum absolute atomic E-state index is 11.9. The maximum Gasteiger partial charge on any atom is 0.339 e. The molecule has 2 rings (SSSR count). The summed E-state index contributed by atoms with van der Waals surface area (Å²) in [7, 11) is 0. The number of hydrogen-bond donors (Lipinski definition) is 1. The molecule has 0 heterocycles. The van der Waals surface area contributed by atoms with Crippen molar-refractivity contribution in [2.24, 2.45) is 0 Å². The van der Waals surface area contributed by atoms with E-state index >= 15 is 0 Å². The van der Waals surface area contributed by atoms with E-state index in [1.54, 1.807) is 42.5 Å². The molecular weight excluding hydrogens is 370 g/mol. The van der Waals surface area contributed by atoms with E-state index in [0.29, 0.717) is 20.7 Å². The van der Waals surface area contributed by atoms with Crippen LogP contribution in [0.5, 0.6) is 0 Å². The minimum Gasteiger partial charge on any atom is -0.452 e. The molecule has 0 bridgehead atoms. The van der Waals surface area contributed by atoms with E-state index in [-0.39, 0.29) is 6.61 Å².